The number of rotatable bonds is 6. The molecule has 122 valence electrons. The standard InChI is InChI=1S/C15H18N4O3S/c1-4-10-6-11-14(23-10)16-8-19(15(11)20)7-12-17-13(18-22-12)9(3)21-5-2/h6,8-9H,4-5,7H2,1-3H3/t9-/m0/s1. The fraction of sp³-hybridized carbons (Fsp3) is 0.467. The number of aryl methyl sites for hydroxylation is 1. The molecule has 0 unspecified atom stereocenters. The molecule has 0 bridgehead atoms. The average Bonchev–Trinajstić information content (AvgIpc) is 3.17. The quantitative estimate of drug-likeness (QED) is 0.689. The minimum atomic E-state index is -0.237. The Kier molecular flexibility index (Phi) is 4.53. The third-order valence-electron chi connectivity index (χ3n) is 3.49. The molecule has 0 aromatic carbocycles. The highest BCUT2D eigenvalue weighted by Gasteiger charge is 2.15. The van der Waals surface area contributed by atoms with Crippen LogP contribution in [0.2, 0.25) is 0 Å². The third kappa shape index (κ3) is 3.18. The van der Waals surface area contributed by atoms with Gasteiger partial charge in [-0.3, -0.25) is 9.36 Å². The summed E-state index contributed by atoms with van der Waals surface area (Å²) < 4.78 is 12.1. The lowest BCUT2D eigenvalue weighted by molar-refractivity contribution is 0.0683. The van der Waals surface area contributed by atoms with Gasteiger partial charge < -0.3 is 9.26 Å². The minimum absolute atomic E-state index is 0.0939. The monoisotopic (exact) mass is 334 g/mol. The molecule has 3 rings (SSSR count). The van der Waals surface area contributed by atoms with Gasteiger partial charge >= 0.3 is 0 Å². The van der Waals surface area contributed by atoms with Gasteiger partial charge in [0.2, 0.25) is 5.89 Å². The summed E-state index contributed by atoms with van der Waals surface area (Å²) in [6, 6.07) is 1.90. The second kappa shape index (κ2) is 6.59. The Hall–Kier alpha value is -2.06. The van der Waals surface area contributed by atoms with E-state index in [1.807, 2.05) is 19.9 Å². The Labute approximate surface area is 136 Å². The predicted octanol–water partition coefficient (Wildman–Crippen LogP) is 2.55. The van der Waals surface area contributed by atoms with Crippen LogP contribution in [0.25, 0.3) is 10.2 Å². The summed E-state index contributed by atoms with van der Waals surface area (Å²) in [5.41, 5.74) is -0.0939. The highest BCUT2D eigenvalue weighted by molar-refractivity contribution is 7.18. The molecule has 8 heteroatoms. The summed E-state index contributed by atoms with van der Waals surface area (Å²) >= 11 is 1.55. The normalized spacial score (nSPS) is 12.8. The summed E-state index contributed by atoms with van der Waals surface area (Å²) in [7, 11) is 0. The van der Waals surface area contributed by atoms with Gasteiger partial charge in [0.05, 0.1) is 11.7 Å². The summed E-state index contributed by atoms with van der Waals surface area (Å²) in [5, 5.41) is 4.53. The van der Waals surface area contributed by atoms with Crippen LogP contribution in [0.1, 0.15) is 43.5 Å². The van der Waals surface area contributed by atoms with Crippen LogP contribution in [0.3, 0.4) is 0 Å². The molecule has 0 aliphatic heterocycles. The average molecular weight is 334 g/mol. The molecular weight excluding hydrogens is 316 g/mol. The van der Waals surface area contributed by atoms with Gasteiger partial charge in [0.15, 0.2) is 5.82 Å². The van der Waals surface area contributed by atoms with Crippen molar-refractivity contribution in [3.8, 4) is 0 Å². The number of hydrogen-bond acceptors (Lipinski definition) is 7. The van der Waals surface area contributed by atoms with Gasteiger partial charge in [-0.15, -0.1) is 11.3 Å². The van der Waals surface area contributed by atoms with Crippen LogP contribution >= 0.6 is 11.3 Å². The van der Waals surface area contributed by atoms with Crippen LogP contribution in [0.4, 0.5) is 0 Å². The molecule has 0 amide bonds. The van der Waals surface area contributed by atoms with Crippen molar-refractivity contribution >= 4 is 21.6 Å². The van der Waals surface area contributed by atoms with E-state index in [1.54, 1.807) is 11.3 Å². The van der Waals surface area contributed by atoms with Gasteiger partial charge in [-0.1, -0.05) is 12.1 Å². The Morgan fingerprint density at radius 3 is 3.00 bits per heavy atom. The van der Waals surface area contributed by atoms with E-state index >= 15 is 0 Å². The smallest absolute Gasteiger partial charge is 0.262 e. The highest BCUT2D eigenvalue weighted by Crippen LogP contribution is 2.21. The predicted molar refractivity (Wildman–Crippen MR) is 86.7 cm³/mol. The first kappa shape index (κ1) is 15.8. The van der Waals surface area contributed by atoms with Crippen LogP contribution in [0.15, 0.2) is 21.7 Å². The molecule has 3 aromatic heterocycles. The summed E-state index contributed by atoms with van der Waals surface area (Å²) in [6.45, 7) is 6.59. The lowest BCUT2D eigenvalue weighted by atomic mass is 10.3. The van der Waals surface area contributed by atoms with Crippen LogP contribution in [-0.4, -0.2) is 26.3 Å². The van der Waals surface area contributed by atoms with E-state index in [4.69, 9.17) is 9.26 Å². The van der Waals surface area contributed by atoms with Crippen LogP contribution in [0, 0.1) is 0 Å². The third-order valence-corrected chi connectivity index (χ3v) is 4.67. The SMILES string of the molecule is CCO[C@@H](C)c1noc(Cn2cnc3sc(CC)cc3c2=O)n1. The Balaban J connectivity index is 1.87. The molecular formula is C15H18N4O3S. The fourth-order valence-corrected chi connectivity index (χ4v) is 3.19. The van der Waals surface area contributed by atoms with E-state index in [2.05, 4.69) is 22.0 Å². The van der Waals surface area contributed by atoms with E-state index in [1.165, 1.54) is 10.9 Å². The Morgan fingerprint density at radius 2 is 2.26 bits per heavy atom. The lowest BCUT2D eigenvalue weighted by Gasteiger charge is -2.04. The second-order valence-corrected chi connectivity index (χ2v) is 6.22. The minimum Gasteiger partial charge on any atom is -0.371 e. The van der Waals surface area contributed by atoms with Crippen LogP contribution in [-0.2, 0) is 17.7 Å². The van der Waals surface area contributed by atoms with Crippen molar-refractivity contribution in [1.82, 2.24) is 19.7 Å². The van der Waals surface area contributed by atoms with E-state index in [-0.39, 0.29) is 18.2 Å². The van der Waals surface area contributed by atoms with Gasteiger partial charge in [0.1, 0.15) is 17.5 Å². The van der Waals surface area contributed by atoms with E-state index in [9.17, 15) is 4.79 Å². The first-order valence-electron chi connectivity index (χ1n) is 7.54. The van der Waals surface area contributed by atoms with Crippen molar-refractivity contribution in [3.63, 3.8) is 0 Å². The molecule has 0 radical (unpaired) electrons. The highest BCUT2D eigenvalue weighted by atomic mass is 32.1. The zero-order valence-corrected chi connectivity index (χ0v) is 14.1. The van der Waals surface area contributed by atoms with E-state index in [0.717, 1.165) is 16.1 Å². The molecule has 0 saturated carbocycles. The van der Waals surface area contributed by atoms with Crippen molar-refractivity contribution in [2.45, 2.75) is 39.8 Å². The summed E-state index contributed by atoms with van der Waals surface area (Å²) in [6.07, 6.45) is 2.18. The second-order valence-electron chi connectivity index (χ2n) is 5.11. The topological polar surface area (TPSA) is 83.0 Å². The maximum atomic E-state index is 12.5. The molecule has 0 aliphatic rings. The zero-order chi connectivity index (χ0) is 16.4. The molecule has 3 aromatic rings. The van der Waals surface area contributed by atoms with Crippen molar-refractivity contribution in [3.05, 3.63) is 39.3 Å². The maximum Gasteiger partial charge on any atom is 0.262 e. The number of thiophene rings is 1. The van der Waals surface area contributed by atoms with Crippen molar-refractivity contribution in [1.29, 1.82) is 0 Å². The van der Waals surface area contributed by atoms with Crippen molar-refractivity contribution in [2.75, 3.05) is 6.61 Å². The largest absolute Gasteiger partial charge is 0.371 e. The lowest BCUT2D eigenvalue weighted by Crippen LogP contribution is -2.20. The first-order valence-corrected chi connectivity index (χ1v) is 8.36. The molecule has 1 atom stereocenters. The molecule has 0 aliphatic carbocycles. The fourth-order valence-electron chi connectivity index (χ4n) is 2.26. The molecule has 0 spiro atoms. The molecule has 3 heterocycles. The van der Waals surface area contributed by atoms with Crippen molar-refractivity contribution < 1.29 is 9.26 Å². The Bertz CT molecular complexity index is 867. The van der Waals surface area contributed by atoms with Crippen LogP contribution in [0.5, 0.6) is 0 Å². The van der Waals surface area contributed by atoms with Gasteiger partial charge in [0.25, 0.3) is 5.56 Å². The summed E-state index contributed by atoms with van der Waals surface area (Å²) in [4.78, 5) is 23.1. The van der Waals surface area contributed by atoms with E-state index < -0.39 is 0 Å². The molecule has 7 nitrogen and oxygen atoms in total. The number of ether oxygens (including phenoxy) is 1. The maximum absolute atomic E-state index is 12.5. The van der Waals surface area contributed by atoms with Gasteiger partial charge in [-0.25, -0.2) is 4.98 Å². The number of hydrogen-bond donors (Lipinski definition) is 0. The number of nitrogens with zero attached hydrogens (tertiary/aromatic N) is 4. The number of fused-ring (bicyclic) bond motifs is 1. The van der Waals surface area contributed by atoms with Gasteiger partial charge in [-0.2, -0.15) is 4.98 Å². The molecule has 0 N–H and O–H groups in total. The number of aromatic nitrogens is 4. The molecule has 23 heavy (non-hydrogen) atoms. The van der Waals surface area contributed by atoms with Gasteiger partial charge in [-0.05, 0) is 26.3 Å². The zero-order valence-electron chi connectivity index (χ0n) is 13.3. The molecule has 0 fully saturated rings. The molecule has 0 saturated heterocycles. The Morgan fingerprint density at radius 1 is 1.43 bits per heavy atom. The summed E-state index contributed by atoms with van der Waals surface area (Å²) in [5.74, 6) is 0.841. The first-order chi connectivity index (χ1) is 11.1. The van der Waals surface area contributed by atoms with E-state index in [0.29, 0.717) is 23.7 Å². The van der Waals surface area contributed by atoms with Gasteiger partial charge in [0, 0.05) is 11.5 Å². The van der Waals surface area contributed by atoms with Crippen LogP contribution < -0.4 is 5.56 Å². The van der Waals surface area contributed by atoms with Crippen molar-refractivity contribution in [2.24, 2.45) is 0 Å².